The van der Waals surface area contributed by atoms with Crippen LogP contribution in [-0.4, -0.2) is 65.7 Å². The average Bonchev–Trinajstić information content (AvgIpc) is 3.01. The minimum absolute atomic E-state index is 0.107. The Balaban J connectivity index is 2.10. The van der Waals surface area contributed by atoms with Gasteiger partial charge < -0.3 is 24.2 Å². The van der Waals surface area contributed by atoms with Gasteiger partial charge in [-0.05, 0) is 39.6 Å². The van der Waals surface area contributed by atoms with E-state index in [-0.39, 0.29) is 23.5 Å². The third-order valence-corrected chi connectivity index (χ3v) is 6.24. The second kappa shape index (κ2) is 6.97. The fourth-order valence-electron chi connectivity index (χ4n) is 4.61. The predicted molar refractivity (Wildman–Crippen MR) is 102 cm³/mol. The Morgan fingerprint density at radius 2 is 2.04 bits per heavy atom. The molecule has 0 aromatic heterocycles. The molecule has 3 heterocycles. The highest BCUT2D eigenvalue weighted by Gasteiger charge is 2.58. The third-order valence-electron chi connectivity index (χ3n) is 6.24. The van der Waals surface area contributed by atoms with Crippen LogP contribution < -0.4 is 0 Å². The van der Waals surface area contributed by atoms with Crippen molar-refractivity contribution in [3.63, 3.8) is 0 Å². The summed E-state index contributed by atoms with van der Waals surface area (Å²) in [7, 11) is 3.86. The van der Waals surface area contributed by atoms with Crippen molar-refractivity contribution in [1.29, 1.82) is 0 Å². The van der Waals surface area contributed by atoms with E-state index in [0.717, 1.165) is 0 Å². The standard InChI is InChI=1S/C21H31NO6/c1-11(2)18(23)27-15-9-20(5)16(22(6)7)10-21(25,28-20)12(3)8-14-17(15)13(4)19(24)26-14/h8,11,14-17,25H,4,9-10H2,1-3,5-7H3/b12-8+/t14-,15?,16?,17+,20-,21-/m1/s1. The second-order valence-electron chi connectivity index (χ2n) is 8.99. The van der Waals surface area contributed by atoms with Gasteiger partial charge in [-0.15, -0.1) is 0 Å². The van der Waals surface area contributed by atoms with Crippen molar-refractivity contribution in [2.45, 2.75) is 70.2 Å². The Morgan fingerprint density at radius 3 is 2.61 bits per heavy atom. The number of nitrogens with zero attached hydrogens (tertiary/aromatic N) is 1. The molecule has 0 aromatic carbocycles. The lowest BCUT2D eigenvalue weighted by atomic mass is 9.79. The maximum atomic E-state index is 12.4. The molecule has 7 nitrogen and oxygen atoms in total. The number of likely N-dealkylation sites (N-methyl/N-ethyl adjacent to an activating group) is 1. The van der Waals surface area contributed by atoms with Gasteiger partial charge >= 0.3 is 11.9 Å². The monoisotopic (exact) mass is 393 g/mol. The molecule has 0 aromatic rings. The summed E-state index contributed by atoms with van der Waals surface area (Å²) in [4.78, 5) is 26.7. The first kappa shape index (κ1) is 21.0. The molecule has 0 saturated carbocycles. The molecule has 0 aliphatic carbocycles. The van der Waals surface area contributed by atoms with Gasteiger partial charge in [0.2, 0.25) is 0 Å². The molecule has 2 bridgehead atoms. The van der Waals surface area contributed by atoms with Crippen LogP contribution in [0.5, 0.6) is 0 Å². The van der Waals surface area contributed by atoms with Gasteiger partial charge in [-0.2, -0.15) is 0 Å². The number of hydrogen-bond acceptors (Lipinski definition) is 7. The quantitative estimate of drug-likeness (QED) is 0.445. The number of rotatable bonds is 3. The fraction of sp³-hybridized carbons (Fsp3) is 0.714. The lowest BCUT2D eigenvalue weighted by molar-refractivity contribution is -0.206. The molecule has 3 aliphatic rings. The molecule has 6 atom stereocenters. The molecule has 2 unspecified atom stereocenters. The van der Waals surface area contributed by atoms with Gasteiger partial charge in [0.25, 0.3) is 0 Å². The highest BCUT2D eigenvalue weighted by molar-refractivity contribution is 5.91. The summed E-state index contributed by atoms with van der Waals surface area (Å²) in [6, 6.07) is -0.107. The van der Waals surface area contributed by atoms with E-state index in [2.05, 4.69) is 6.58 Å². The highest BCUT2D eigenvalue weighted by Crippen LogP contribution is 2.49. The summed E-state index contributed by atoms with van der Waals surface area (Å²) >= 11 is 0. The maximum Gasteiger partial charge on any atom is 0.334 e. The fourth-order valence-corrected chi connectivity index (χ4v) is 4.61. The summed E-state index contributed by atoms with van der Waals surface area (Å²) < 4.78 is 17.6. The first-order chi connectivity index (χ1) is 12.9. The number of hydrogen-bond donors (Lipinski definition) is 1. The molecule has 156 valence electrons. The Kier molecular flexibility index (Phi) is 5.23. The molecule has 0 radical (unpaired) electrons. The van der Waals surface area contributed by atoms with Gasteiger partial charge in [-0.1, -0.05) is 20.4 Å². The van der Waals surface area contributed by atoms with Crippen molar-refractivity contribution < 1.29 is 28.9 Å². The zero-order valence-corrected chi connectivity index (χ0v) is 17.5. The molecule has 2 saturated heterocycles. The molecule has 1 N–H and O–H groups in total. The number of fused-ring (bicyclic) bond motifs is 3. The Morgan fingerprint density at radius 1 is 1.39 bits per heavy atom. The molecule has 0 spiro atoms. The topological polar surface area (TPSA) is 85.3 Å². The van der Waals surface area contributed by atoms with E-state index in [1.807, 2.05) is 25.9 Å². The summed E-state index contributed by atoms with van der Waals surface area (Å²) in [5, 5.41) is 11.2. The zero-order chi connectivity index (χ0) is 21.0. The van der Waals surface area contributed by atoms with Crippen molar-refractivity contribution in [2.24, 2.45) is 11.8 Å². The largest absolute Gasteiger partial charge is 0.461 e. The first-order valence-corrected chi connectivity index (χ1v) is 9.76. The molecule has 7 heteroatoms. The molecule has 3 rings (SSSR count). The zero-order valence-electron chi connectivity index (χ0n) is 17.5. The minimum atomic E-state index is -1.47. The van der Waals surface area contributed by atoms with Crippen LogP contribution in [0.15, 0.2) is 23.8 Å². The van der Waals surface area contributed by atoms with E-state index in [4.69, 9.17) is 14.2 Å². The number of aliphatic hydroxyl groups is 1. The van der Waals surface area contributed by atoms with Crippen molar-refractivity contribution in [3.05, 3.63) is 23.8 Å². The van der Waals surface area contributed by atoms with Gasteiger partial charge in [-0.3, -0.25) is 4.79 Å². The summed E-state index contributed by atoms with van der Waals surface area (Å²) in [6.07, 6.45) is 1.08. The van der Waals surface area contributed by atoms with E-state index in [0.29, 0.717) is 18.4 Å². The molecular weight excluding hydrogens is 362 g/mol. The number of carbonyl (C=O) groups is 2. The van der Waals surface area contributed by atoms with Crippen LogP contribution in [0, 0.1) is 11.8 Å². The Labute approximate surface area is 166 Å². The lowest BCUT2D eigenvalue weighted by Gasteiger charge is -2.38. The van der Waals surface area contributed by atoms with Crippen LogP contribution >= 0.6 is 0 Å². The van der Waals surface area contributed by atoms with Crippen LogP contribution in [0.2, 0.25) is 0 Å². The maximum absolute atomic E-state index is 12.4. The second-order valence-corrected chi connectivity index (χ2v) is 8.99. The molecule has 28 heavy (non-hydrogen) atoms. The van der Waals surface area contributed by atoms with Crippen molar-refractivity contribution in [1.82, 2.24) is 4.90 Å². The lowest BCUT2D eigenvalue weighted by Crippen LogP contribution is -2.49. The van der Waals surface area contributed by atoms with E-state index >= 15 is 0 Å². The third kappa shape index (κ3) is 3.40. The van der Waals surface area contributed by atoms with Gasteiger partial charge in [0.15, 0.2) is 5.79 Å². The first-order valence-electron chi connectivity index (χ1n) is 9.76. The highest BCUT2D eigenvalue weighted by atomic mass is 16.6. The minimum Gasteiger partial charge on any atom is -0.461 e. The smallest absolute Gasteiger partial charge is 0.334 e. The van der Waals surface area contributed by atoms with Crippen LogP contribution in [0.3, 0.4) is 0 Å². The van der Waals surface area contributed by atoms with Crippen LogP contribution in [0.25, 0.3) is 0 Å². The van der Waals surface area contributed by atoms with Crippen molar-refractivity contribution >= 4 is 11.9 Å². The number of carbonyl (C=O) groups excluding carboxylic acids is 2. The SMILES string of the molecule is C=C1C(=O)O[C@@H]2/C=C(\C)[C@@]3(O)CC(N(C)C)[C@@](C)(CC(OC(=O)C(C)C)[C@@H]12)O3. The summed E-state index contributed by atoms with van der Waals surface area (Å²) in [5.41, 5.74) is 0.0672. The van der Waals surface area contributed by atoms with Gasteiger partial charge in [0, 0.05) is 24.5 Å². The van der Waals surface area contributed by atoms with E-state index < -0.39 is 35.5 Å². The average molecular weight is 393 g/mol. The molecular formula is C21H31NO6. The number of esters is 2. The van der Waals surface area contributed by atoms with E-state index in [9.17, 15) is 14.7 Å². The van der Waals surface area contributed by atoms with Crippen molar-refractivity contribution in [2.75, 3.05) is 14.1 Å². The van der Waals surface area contributed by atoms with Crippen LogP contribution in [-0.2, 0) is 23.8 Å². The molecule has 2 fully saturated rings. The van der Waals surface area contributed by atoms with Crippen molar-refractivity contribution in [3.8, 4) is 0 Å². The van der Waals surface area contributed by atoms with Gasteiger partial charge in [0.05, 0.1) is 17.4 Å². The Bertz CT molecular complexity index is 728. The molecule has 3 aliphatic heterocycles. The number of ether oxygens (including phenoxy) is 3. The normalized spacial score (nSPS) is 42.4. The van der Waals surface area contributed by atoms with E-state index in [1.54, 1.807) is 26.8 Å². The van der Waals surface area contributed by atoms with Gasteiger partial charge in [-0.25, -0.2) is 4.79 Å². The summed E-state index contributed by atoms with van der Waals surface area (Å²) in [6.45, 7) is 11.1. The summed E-state index contributed by atoms with van der Waals surface area (Å²) in [5.74, 6) is -3.15. The predicted octanol–water partition coefficient (Wildman–Crippen LogP) is 1.80. The van der Waals surface area contributed by atoms with Crippen LogP contribution in [0.4, 0.5) is 0 Å². The van der Waals surface area contributed by atoms with Gasteiger partial charge in [0.1, 0.15) is 12.2 Å². The Hall–Kier alpha value is -1.70. The molecule has 0 amide bonds. The van der Waals surface area contributed by atoms with E-state index in [1.165, 1.54) is 0 Å². The van der Waals surface area contributed by atoms with Crippen LogP contribution in [0.1, 0.15) is 40.5 Å².